The molecule has 2 unspecified atom stereocenters. The molecule has 0 radical (unpaired) electrons. The van der Waals surface area contributed by atoms with Crippen molar-refractivity contribution in [2.75, 3.05) is 0 Å². The Kier molecular flexibility index (Phi) is 6.69. The van der Waals surface area contributed by atoms with E-state index in [1.807, 2.05) is 36.4 Å². The van der Waals surface area contributed by atoms with Crippen LogP contribution in [0.1, 0.15) is 65.5 Å². The van der Waals surface area contributed by atoms with Gasteiger partial charge in [-0.15, -0.1) is 0 Å². The van der Waals surface area contributed by atoms with Crippen LogP contribution >= 0.6 is 0 Å². The molecular formula is C26H34B2O4. The van der Waals surface area contributed by atoms with E-state index in [4.69, 9.17) is 18.6 Å². The summed E-state index contributed by atoms with van der Waals surface area (Å²) in [4.78, 5) is 0. The molecule has 2 saturated heterocycles. The van der Waals surface area contributed by atoms with E-state index in [9.17, 15) is 0 Å². The van der Waals surface area contributed by atoms with Crippen molar-refractivity contribution in [3.63, 3.8) is 0 Å². The molecule has 0 spiro atoms. The van der Waals surface area contributed by atoms with Crippen LogP contribution in [-0.4, -0.2) is 37.6 Å². The third kappa shape index (κ3) is 5.37. The largest absolute Gasteiger partial charge is 0.494 e. The lowest BCUT2D eigenvalue weighted by Gasteiger charge is -2.42. The molecule has 2 aliphatic rings. The van der Waals surface area contributed by atoms with Gasteiger partial charge in [0.1, 0.15) is 0 Å². The second-order valence-corrected chi connectivity index (χ2v) is 10.3. The SMILES string of the molecule is CC1CC(C)(C)OB(/C(=C(\B2OC(C)CC(C)(C)O2)c2ccccc2)c2ccccc2)O1. The standard InChI is InChI=1S/C26H34B2O4/c1-19-17-25(3,4)31-27(29-19)23(21-13-9-7-10-14-21)24(22-15-11-8-12-16-22)28-30-20(2)18-26(5,6)32-28/h7-16,19-20H,17-18H2,1-6H3/b24-23-. The first-order chi connectivity index (χ1) is 15.1. The zero-order valence-corrected chi connectivity index (χ0v) is 20.1. The average Bonchev–Trinajstić information content (AvgIpc) is 2.70. The maximum atomic E-state index is 6.54. The molecule has 4 nitrogen and oxygen atoms in total. The van der Waals surface area contributed by atoms with Gasteiger partial charge in [-0.25, -0.2) is 0 Å². The number of hydrogen-bond acceptors (Lipinski definition) is 4. The Morgan fingerprint density at radius 2 is 1.00 bits per heavy atom. The third-order valence-corrected chi connectivity index (χ3v) is 6.05. The van der Waals surface area contributed by atoms with Gasteiger partial charge in [-0.1, -0.05) is 60.7 Å². The van der Waals surface area contributed by atoms with Gasteiger partial charge >= 0.3 is 14.2 Å². The summed E-state index contributed by atoms with van der Waals surface area (Å²) in [5.41, 5.74) is 3.42. The molecule has 0 bridgehead atoms. The summed E-state index contributed by atoms with van der Waals surface area (Å²) in [5, 5.41) is 0. The lowest BCUT2D eigenvalue weighted by Crippen LogP contribution is -2.49. The number of benzene rings is 2. The van der Waals surface area contributed by atoms with Crippen LogP contribution in [0.4, 0.5) is 0 Å². The van der Waals surface area contributed by atoms with Crippen molar-refractivity contribution < 1.29 is 18.6 Å². The number of hydrogen-bond donors (Lipinski definition) is 0. The highest BCUT2D eigenvalue weighted by Gasteiger charge is 2.46. The molecule has 0 N–H and O–H groups in total. The van der Waals surface area contributed by atoms with E-state index < -0.39 is 14.2 Å². The van der Waals surface area contributed by atoms with E-state index in [1.165, 1.54) is 0 Å². The maximum absolute atomic E-state index is 6.54. The fourth-order valence-corrected chi connectivity index (χ4v) is 4.96. The average molecular weight is 432 g/mol. The van der Waals surface area contributed by atoms with Crippen LogP contribution in [0.2, 0.25) is 0 Å². The van der Waals surface area contributed by atoms with Crippen molar-refractivity contribution in [2.24, 2.45) is 0 Å². The zero-order chi connectivity index (χ0) is 22.9. The molecule has 6 heteroatoms. The van der Waals surface area contributed by atoms with Crippen molar-refractivity contribution >= 4 is 25.2 Å². The number of rotatable bonds is 4. The monoisotopic (exact) mass is 432 g/mol. The fourth-order valence-electron chi connectivity index (χ4n) is 4.96. The molecule has 0 aromatic heterocycles. The van der Waals surface area contributed by atoms with E-state index in [0.717, 1.165) is 34.9 Å². The third-order valence-electron chi connectivity index (χ3n) is 6.05. The second kappa shape index (κ2) is 9.18. The van der Waals surface area contributed by atoms with E-state index >= 15 is 0 Å². The molecule has 2 aliphatic heterocycles. The Labute approximate surface area is 193 Å². The Hall–Kier alpha value is -1.85. The predicted molar refractivity (Wildman–Crippen MR) is 132 cm³/mol. The minimum atomic E-state index is -0.529. The van der Waals surface area contributed by atoms with E-state index in [0.29, 0.717) is 0 Å². The van der Waals surface area contributed by atoms with Crippen molar-refractivity contribution in [2.45, 2.75) is 77.8 Å². The lowest BCUT2D eigenvalue weighted by molar-refractivity contribution is -0.0246. The quantitative estimate of drug-likeness (QED) is 0.448. The normalized spacial score (nSPS) is 25.9. The van der Waals surface area contributed by atoms with E-state index in [2.05, 4.69) is 65.8 Å². The molecule has 2 aromatic rings. The minimum Gasteiger partial charge on any atom is -0.405 e. The molecule has 2 atom stereocenters. The van der Waals surface area contributed by atoms with E-state index in [-0.39, 0.29) is 23.4 Å². The predicted octanol–water partition coefficient (Wildman–Crippen LogP) is 5.86. The van der Waals surface area contributed by atoms with Crippen LogP contribution in [0, 0.1) is 0 Å². The van der Waals surface area contributed by atoms with Crippen LogP contribution in [0.3, 0.4) is 0 Å². The molecule has 168 valence electrons. The molecule has 2 heterocycles. The van der Waals surface area contributed by atoms with Crippen molar-refractivity contribution in [1.29, 1.82) is 0 Å². The molecule has 0 amide bonds. The van der Waals surface area contributed by atoms with E-state index in [1.54, 1.807) is 0 Å². The molecule has 0 saturated carbocycles. The smallest absolute Gasteiger partial charge is 0.405 e. The van der Waals surface area contributed by atoms with Crippen molar-refractivity contribution in [3.05, 3.63) is 71.8 Å². The van der Waals surface area contributed by atoms with Gasteiger partial charge in [0.25, 0.3) is 0 Å². The van der Waals surface area contributed by atoms with Gasteiger partial charge in [0.2, 0.25) is 0 Å². The van der Waals surface area contributed by atoms with Gasteiger partial charge in [0.05, 0.1) is 11.2 Å². The summed E-state index contributed by atoms with van der Waals surface area (Å²) in [7, 11) is -1.06. The molecule has 32 heavy (non-hydrogen) atoms. The second-order valence-electron chi connectivity index (χ2n) is 10.3. The highest BCUT2D eigenvalue weighted by molar-refractivity contribution is 6.82. The summed E-state index contributed by atoms with van der Waals surface area (Å²) in [5.74, 6) is 0. The highest BCUT2D eigenvalue weighted by atomic mass is 16.6. The van der Waals surface area contributed by atoms with Crippen LogP contribution in [-0.2, 0) is 18.6 Å². The van der Waals surface area contributed by atoms with Gasteiger partial charge in [-0.05, 0) is 76.5 Å². The zero-order valence-electron chi connectivity index (χ0n) is 20.1. The molecule has 2 fully saturated rings. The Bertz CT molecular complexity index is 865. The van der Waals surface area contributed by atoms with Gasteiger partial charge in [0.15, 0.2) is 0 Å². The minimum absolute atomic E-state index is 0.0723. The van der Waals surface area contributed by atoms with Crippen LogP contribution in [0.5, 0.6) is 0 Å². The summed E-state index contributed by atoms with van der Waals surface area (Å²) in [6, 6.07) is 20.7. The van der Waals surface area contributed by atoms with Gasteiger partial charge in [-0.3, -0.25) is 0 Å². The summed E-state index contributed by atoms with van der Waals surface area (Å²) in [6.07, 6.45) is 1.82. The Balaban J connectivity index is 1.94. The molecule has 0 aliphatic carbocycles. The topological polar surface area (TPSA) is 36.9 Å². The first kappa shape index (κ1) is 23.3. The fraction of sp³-hybridized carbons (Fsp3) is 0.462. The summed E-state index contributed by atoms with van der Waals surface area (Å²) >= 11 is 0. The molecule has 4 rings (SSSR count). The maximum Gasteiger partial charge on any atom is 0.494 e. The lowest BCUT2D eigenvalue weighted by atomic mass is 9.58. The Morgan fingerprint density at radius 1 is 0.656 bits per heavy atom. The van der Waals surface area contributed by atoms with Crippen LogP contribution < -0.4 is 0 Å². The summed E-state index contributed by atoms with van der Waals surface area (Å²) < 4.78 is 25.9. The molecule has 2 aromatic carbocycles. The van der Waals surface area contributed by atoms with Gasteiger partial charge < -0.3 is 18.6 Å². The van der Waals surface area contributed by atoms with Crippen LogP contribution in [0.25, 0.3) is 10.9 Å². The Morgan fingerprint density at radius 3 is 1.31 bits per heavy atom. The van der Waals surface area contributed by atoms with Crippen molar-refractivity contribution in [3.8, 4) is 0 Å². The van der Waals surface area contributed by atoms with Crippen molar-refractivity contribution in [1.82, 2.24) is 0 Å². The molecular weight excluding hydrogens is 398 g/mol. The summed E-state index contributed by atoms with van der Waals surface area (Å²) in [6.45, 7) is 12.7. The first-order valence-electron chi connectivity index (χ1n) is 11.6. The van der Waals surface area contributed by atoms with Gasteiger partial charge in [0, 0.05) is 12.2 Å². The van der Waals surface area contributed by atoms with Crippen LogP contribution in [0.15, 0.2) is 60.7 Å². The van der Waals surface area contributed by atoms with Gasteiger partial charge in [-0.2, -0.15) is 0 Å². The highest BCUT2D eigenvalue weighted by Crippen LogP contribution is 2.40. The first-order valence-corrected chi connectivity index (χ1v) is 11.6.